The summed E-state index contributed by atoms with van der Waals surface area (Å²) in [5.74, 6) is -8.73. The van der Waals surface area contributed by atoms with E-state index in [9.17, 15) is 23.2 Å². The maximum Gasteiger partial charge on any atom is 0.407 e. The lowest BCUT2D eigenvalue weighted by Gasteiger charge is -2.17. The first-order valence-electron chi connectivity index (χ1n) is 10.7. The fraction of sp³-hybridized carbons (Fsp3) is 0.375. The molecule has 2 aromatic rings. The number of halogens is 2. The van der Waals surface area contributed by atoms with E-state index in [1.54, 1.807) is 6.92 Å². The Morgan fingerprint density at radius 3 is 2.18 bits per heavy atom. The van der Waals surface area contributed by atoms with E-state index < -0.39 is 48.3 Å². The Balaban J connectivity index is 1.24. The van der Waals surface area contributed by atoms with Crippen LogP contribution in [0.2, 0.25) is 0 Å². The summed E-state index contributed by atoms with van der Waals surface area (Å²) < 4.78 is 32.2. The van der Waals surface area contributed by atoms with E-state index in [0.717, 1.165) is 22.3 Å². The van der Waals surface area contributed by atoms with Gasteiger partial charge in [-0.05, 0) is 29.2 Å². The van der Waals surface area contributed by atoms with Crippen LogP contribution in [0.3, 0.4) is 0 Å². The molecule has 1 saturated carbocycles. The van der Waals surface area contributed by atoms with Crippen LogP contribution in [0.15, 0.2) is 48.5 Å². The highest BCUT2D eigenvalue weighted by atomic mass is 19.3. The van der Waals surface area contributed by atoms with Crippen molar-refractivity contribution in [3.63, 3.8) is 0 Å². The fourth-order valence-corrected chi connectivity index (χ4v) is 4.45. The minimum absolute atomic E-state index is 0.0934. The second kappa shape index (κ2) is 8.80. The monoisotopic (exact) mass is 458 g/mol. The minimum Gasteiger partial charge on any atom is -0.481 e. The molecule has 33 heavy (non-hydrogen) atoms. The number of carboxylic acids is 1. The Labute approximate surface area is 189 Å². The lowest BCUT2D eigenvalue weighted by Crippen LogP contribution is -2.38. The standard InChI is InChI=1S/C24H24F2N2O5/c1-13(10-20(29)27-11-19-21(22(30)31)24(19,25)26)28-23(32)33-12-18-16-8-4-2-6-14(16)15-7-3-5-9-17(15)18/h2-9,13,18-19,21H,10-12H2,1H3,(H,27,29)(H,28,32)(H,30,31)/t13-,19?,21?/m0/s1. The first-order chi connectivity index (χ1) is 15.7. The number of carbonyl (C=O) groups is 3. The van der Waals surface area contributed by atoms with Gasteiger partial charge in [-0.15, -0.1) is 0 Å². The molecule has 2 aliphatic carbocycles. The summed E-state index contributed by atoms with van der Waals surface area (Å²) in [7, 11) is 0. The molecule has 0 aromatic heterocycles. The summed E-state index contributed by atoms with van der Waals surface area (Å²) >= 11 is 0. The number of carbonyl (C=O) groups excluding carboxylic acids is 2. The third-order valence-electron chi connectivity index (χ3n) is 6.19. The molecule has 174 valence electrons. The van der Waals surface area contributed by atoms with Crippen molar-refractivity contribution in [3.05, 3.63) is 59.7 Å². The summed E-state index contributed by atoms with van der Waals surface area (Å²) in [5.41, 5.74) is 4.38. The van der Waals surface area contributed by atoms with Crippen molar-refractivity contribution in [2.75, 3.05) is 13.2 Å². The van der Waals surface area contributed by atoms with E-state index in [0.29, 0.717) is 0 Å². The quantitative estimate of drug-likeness (QED) is 0.563. The topological polar surface area (TPSA) is 105 Å². The zero-order chi connectivity index (χ0) is 23.8. The molecule has 0 heterocycles. The number of aliphatic carboxylic acids is 1. The number of rotatable bonds is 8. The number of benzene rings is 2. The Hall–Kier alpha value is -3.49. The second-order valence-corrected chi connectivity index (χ2v) is 8.48. The molecule has 3 atom stereocenters. The van der Waals surface area contributed by atoms with Gasteiger partial charge in [0.1, 0.15) is 12.5 Å². The van der Waals surface area contributed by atoms with Crippen molar-refractivity contribution in [3.8, 4) is 11.1 Å². The van der Waals surface area contributed by atoms with E-state index in [1.165, 1.54) is 0 Å². The molecule has 0 radical (unpaired) electrons. The first kappa shape index (κ1) is 22.7. The second-order valence-electron chi connectivity index (χ2n) is 8.48. The molecular weight excluding hydrogens is 434 g/mol. The zero-order valence-electron chi connectivity index (χ0n) is 17.9. The molecule has 2 amide bonds. The molecule has 0 saturated heterocycles. The Bertz CT molecular complexity index is 1040. The summed E-state index contributed by atoms with van der Waals surface area (Å²) in [5, 5.41) is 13.6. The summed E-state index contributed by atoms with van der Waals surface area (Å²) in [6.07, 6.45) is -0.836. The van der Waals surface area contributed by atoms with Crippen LogP contribution in [0.25, 0.3) is 11.1 Å². The van der Waals surface area contributed by atoms with Gasteiger partial charge < -0.3 is 20.5 Å². The molecule has 0 spiro atoms. The van der Waals surface area contributed by atoms with Crippen LogP contribution in [0.4, 0.5) is 13.6 Å². The third kappa shape index (κ3) is 4.53. The molecule has 2 unspecified atom stereocenters. The summed E-state index contributed by atoms with van der Waals surface area (Å²) in [4.78, 5) is 35.0. The van der Waals surface area contributed by atoms with Crippen molar-refractivity contribution >= 4 is 18.0 Å². The van der Waals surface area contributed by atoms with E-state index in [1.807, 2.05) is 48.5 Å². The van der Waals surface area contributed by atoms with Gasteiger partial charge in [-0.2, -0.15) is 0 Å². The van der Waals surface area contributed by atoms with Crippen molar-refractivity contribution in [1.82, 2.24) is 10.6 Å². The third-order valence-corrected chi connectivity index (χ3v) is 6.19. The van der Waals surface area contributed by atoms with Crippen LogP contribution in [0.5, 0.6) is 0 Å². The highest BCUT2D eigenvalue weighted by Gasteiger charge is 2.72. The number of hydrogen-bond donors (Lipinski definition) is 3. The van der Waals surface area contributed by atoms with Crippen LogP contribution in [0, 0.1) is 11.8 Å². The number of hydrogen-bond acceptors (Lipinski definition) is 4. The fourth-order valence-electron chi connectivity index (χ4n) is 4.45. The van der Waals surface area contributed by atoms with Gasteiger partial charge in [0.15, 0.2) is 0 Å². The highest BCUT2D eigenvalue weighted by molar-refractivity contribution is 5.80. The smallest absolute Gasteiger partial charge is 0.407 e. The summed E-state index contributed by atoms with van der Waals surface area (Å²) in [6, 6.07) is 15.3. The van der Waals surface area contributed by atoms with Gasteiger partial charge in [0.2, 0.25) is 5.91 Å². The van der Waals surface area contributed by atoms with E-state index in [-0.39, 0.29) is 18.9 Å². The van der Waals surface area contributed by atoms with Crippen LogP contribution in [-0.4, -0.2) is 48.2 Å². The average molecular weight is 458 g/mol. The molecule has 3 N–H and O–H groups in total. The lowest BCUT2D eigenvalue weighted by molar-refractivity contribution is -0.141. The van der Waals surface area contributed by atoms with Crippen molar-refractivity contribution in [2.24, 2.45) is 11.8 Å². The Morgan fingerprint density at radius 2 is 1.64 bits per heavy atom. The minimum atomic E-state index is -3.32. The van der Waals surface area contributed by atoms with E-state index >= 15 is 0 Å². The number of alkyl halides is 2. The van der Waals surface area contributed by atoms with Gasteiger partial charge in [0, 0.05) is 24.9 Å². The maximum absolute atomic E-state index is 13.4. The van der Waals surface area contributed by atoms with Crippen LogP contribution in [0.1, 0.15) is 30.4 Å². The number of alkyl carbamates (subject to hydrolysis) is 1. The van der Waals surface area contributed by atoms with Crippen molar-refractivity contribution in [2.45, 2.75) is 31.2 Å². The van der Waals surface area contributed by atoms with Gasteiger partial charge in [0.05, 0.1) is 5.92 Å². The zero-order valence-corrected chi connectivity index (χ0v) is 17.9. The highest BCUT2D eigenvalue weighted by Crippen LogP contribution is 2.54. The molecule has 1 fully saturated rings. The first-order valence-corrected chi connectivity index (χ1v) is 10.7. The number of ether oxygens (including phenoxy) is 1. The lowest BCUT2D eigenvalue weighted by atomic mass is 9.98. The molecule has 4 rings (SSSR count). The Kier molecular flexibility index (Phi) is 6.05. The average Bonchev–Trinajstić information content (AvgIpc) is 3.18. The Morgan fingerprint density at radius 1 is 1.06 bits per heavy atom. The van der Waals surface area contributed by atoms with E-state index in [4.69, 9.17) is 9.84 Å². The van der Waals surface area contributed by atoms with Gasteiger partial charge >= 0.3 is 12.1 Å². The van der Waals surface area contributed by atoms with Crippen molar-refractivity contribution < 1.29 is 33.0 Å². The van der Waals surface area contributed by atoms with Gasteiger partial charge in [-0.25, -0.2) is 13.6 Å². The van der Waals surface area contributed by atoms with Crippen molar-refractivity contribution in [1.29, 1.82) is 0 Å². The SMILES string of the molecule is C[C@@H](CC(=O)NCC1C(C(=O)O)C1(F)F)NC(=O)OCC1c2ccccc2-c2ccccc21. The molecular formula is C24H24F2N2O5. The largest absolute Gasteiger partial charge is 0.481 e. The predicted molar refractivity (Wildman–Crippen MR) is 115 cm³/mol. The molecule has 7 nitrogen and oxygen atoms in total. The van der Waals surface area contributed by atoms with Gasteiger partial charge in [0.25, 0.3) is 5.92 Å². The normalized spacial score (nSPS) is 20.8. The van der Waals surface area contributed by atoms with Gasteiger partial charge in [-0.3, -0.25) is 9.59 Å². The molecule has 2 aliphatic rings. The number of nitrogens with one attached hydrogen (secondary N) is 2. The van der Waals surface area contributed by atoms with Crippen LogP contribution < -0.4 is 10.6 Å². The molecule has 9 heteroatoms. The maximum atomic E-state index is 13.4. The van der Waals surface area contributed by atoms with Crippen LogP contribution in [-0.2, 0) is 14.3 Å². The van der Waals surface area contributed by atoms with Gasteiger partial charge in [-0.1, -0.05) is 48.5 Å². The molecule has 0 bridgehead atoms. The molecule has 2 aromatic carbocycles. The van der Waals surface area contributed by atoms with E-state index in [2.05, 4.69) is 10.6 Å². The predicted octanol–water partition coefficient (Wildman–Crippen LogP) is 3.39. The summed E-state index contributed by atoms with van der Waals surface area (Å²) in [6.45, 7) is 1.29. The number of carboxylic acid groups (broad SMARTS) is 1. The number of amides is 2. The molecule has 0 aliphatic heterocycles. The van der Waals surface area contributed by atoms with Crippen LogP contribution >= 0.6 is 0 Å². The number of fused-ring (bicyclic) bond motifs is 3.